The van der Waals surface area contributed by atoms with Crippen molar-refractivity contribution < 1.29 is 9.47 Å². The van der Waals surface area contributed by atoms with Crippen molar-refractivity contribution in [3.8, 4) is 11.5 Å². The van der Waals surface area contributed by atoms with Gasteiger partial charge in [-0.25, -0.2) is 0 Å². The molecule has 18 heavy (non-hydrogen) atoms. The Morgan fingerprint density at radius 2 is 1.44 bits per heavy atom. The summed E-state index contributed by atoms with van der Waals surface area (Å²) in [5, 5.41) is 0.625. The van der Waals surface area contributed by atoms with Crippen LogP contribution in [0.25, 0.3) is 0 Å². The molecule has 0 atom stereocenters. The molecular weight excluding hydrogens is 454 g/mol. The molecule has 0 radical (unpaired) electrons. The first kappa shape index (κ1) is 16.7. The van der Waals surface area contributed by atoms with Gasteiger partial charge in [-0.2, -0.15) is 0 Å². The summed E-state index contributed by atoms with van der Waals surface area (Å²) in [7, 11) is 1.42. The van der Waals surface area contributed by atoms with Crippen LogP contribution < -0.4 is 9.47 Å². The Bertz CT molecular complexity index is 458. The van der Waals surface area contributed by atoms with Crippen LogP contribution in [0, 0.1) is 0 Å². The van der Waals surface area contributed by atoms with E-state index in [1.807, 2.05) is 0 Å². The molecule has 8 heteroatoms. The first-order chi connectivity index (χ1) is 8.40. The quantitative estimate of drug-likeness (QED) is 0.491. The highest BCUT2D eigenvalue weighted by molar-refractivity contribution is 9.28. The summed E-state index contributed by atoms with van der Waals surface area (Å²) in [6, 6.07) is 0. The average Bonchev–Trinajstić information content (AvgIpc) is 2.31. The van der Waals surface area contributed by atoms with Crippen LogP contribution in [0.2, 0.25) is 20.1 Å². The smallest absolute Gasteiger partial charge is 0.160 e. The number of halogens is 6. The monoisotopic (exact) mass is 456 g/mol. The third kappa shape index (κ3) is 3.84. The van der Waals surface area contributed by atoms with Gasteiger partial charge in [0.15, 0.2) is 11.5 Å². The maximum atomic E-state index is 6.05. The largest absolute Gasteiger partial charge is 0.494 e. The summed E-state index contributed by atoms with van der Waals surface area (Å²) in [6.07, 6.45) is 1.72. The maximum Gasteiger partial charge on any atom is 0.160 e. The molecule has 0 saturated heterocycles. The zero-order chi connectivity index (χ0) is 13.9. The van der Waals surface area contributed by atoms with Crippen LogP contribution in [-0.4, -0.2) is 13.7 Å². The molecule has 0 aromatic heterocycles. The third-order valence-electron chi connectivity index (χ3n) is 1.85. The summed E-state index contributed by atoms with van der Waals surface area (Å²) in [5.41, 5.74) is 0. The molecule has 0 amide bonds. The molecule has 0 spiro atoms. The Balaban J connectivity index is 3.17. The van der Waals surface area contributed by atoms with Crippen LogP contribution >= 0.6 is 78.3 Å². The minimum absolute atomic E-state index is 0.155. The minimum Gasteiger partial charge on any atom is -0.494 e. The van der Waals surface area contributed by atoms with Gasteiger partial charge in [0.25, 0.3) is 0 Å². The molecule has 0 N–H and O–H groups in total. The molecule has 1 aromatic rings. The van der Waals surface area contributed by atoms with Crippen molar-refractivity contribution in [3.63, 3.8) is 0 Å². The molecule has 0 heterocycles. The van der Waals surface area contributed by atoms with E-state index >= 15 is 0 Å². The molecule has 2 nitrogen and oxygen atoms in total. The highest BCUT2D eigenvalue weighted by atomic mass is 79.9. The summed E-state index contributed by atoms with van der Waals surface area (Å²) >= 11 is 30.5. The highest BCUT2D eigenvalue weighted by Crippen LogP contribution is 2.49. The SMILES string of the molecule is COc1c(Cl)c(Cl)c(OCC=C(Br)Br)c(Cl)c1Cl. The fraction of sp³-hybridized carbons (Fsp3) is 0.200. The summed E-state index contributed by atoms with van der Waals surface area (Å²) in [5.74, 6) is 0.435. The van der Waals surface area contributed by atoms with Gasteiger partial charge in [0.1, 0.15) is 26.7 Å². The van der Waals surface area contributed by atoms with Gasteiger partial charge in [-0.1, -0.05) is 46.4 Å². The zero-order valence-corrected chi connectivity index (χ0v) is 15.1. The molecule has 0 bridgehead atoms. The molecule has 0 aliphatic rings. The molecular formula is C10H6Br2Cl4O2. The van der Waals surface area contributed by atoms with E-state index in [4.69, 9.17) is 55.9 Å². The number of hydrogen-bond donors (Lipinski definition) is 0. The fourth-order valence-corrected chi connectivity index (χ4v) is 2.43. The van der Waals surface area contributed by atoms with E-state index in [0.717, 1.165) is 3.39 Å². The lowest BCUT2D eigenvalue weighted by Gasteiger charge is -2.14. The van der Waals surface area contributed by atoms with Gasteiger partial charge in [0, 0.05) is 0 Å². The first-order valence-corrected chi connectivity index (χ1v) is 7.53. The van der Waals surface area contributed by atoms with Crippen LogP contribution in [0.1, 0.15) is 0 Å². The lowest BCUT2D eigenvalue weighted by Crippen LogP contribution is -1.98. The third-order valence-corrected chi connectivity index (χ3v) is 4.14. The molecule has 0 aliphatic heterocycles. The van der Waals surface area contributed by atoms with Gasteiger partial charge < -0.3 is 9.47 Å². The van der Waals surface area contributed by atoms with Crippen LogP contribution in [0.5, 0.6) is 11.5 Å². The second-order valence-corrected chi connectivity index (χ2v) is 7.21. The second-order valence-electron chi connectivity index (χ2n) is 2.92. The molecule has 1 aromatic carbocycles. The molecule has 0 aliphatic carbocycles. The Kier molecular flexibility index (Phi) is 6.93. The number of benzene rings is 1. The predicted molar refractivity (Wildman–Crippen MR) is 84.5 cm³/mol. The van der Waals surface area contributed by atoms with Crippen molar-refractivity contribution >= 4 is 78.3 Å². The van der Waals surface area contributed by atoms with E-state index in [1.54, 1.807) is 6.08 Å². The van der Waals surface area contributed by atoms with E-state index in [-0.39, 0.29) is 38.2 Å². The van der Waals surface area contributed by atoms with Crippen LogP contribution in [-0.2, 0) is 0 Å². The Hall–Kier alpha value is 0.680. The van der Waals surface area contributed by atoms with E-state index in [2.05, 4.69) is 31.9 Å². The predicted octanol–water partition coefficient (Wildman–Crippen LogP) is 6.32. The van der Waals surface area contributed by atoms with Gasteiger partial charge in [0.05, 0.1) is 10.5 Å². The van der Waals surface area contributed by atoms with E-state index < -0.39 is 0 Å². The fourth-order valence-electron chi connectivity index (χ4n) is 1.09. The Morgan fingerprint density at radius 3 is 1.83 bits per heavy atom. The van der Waals surface area contributed by atoms with Gasteiger partial charge in [-0.05, 0) is 37.9 Å². The van der Waals surface area contributed by atoms with E-state index in [1.165, 1.54) is 7.11 Å². The minimum atomic E-state index is 0.155. The van der Waals surface area contributed by atoms with E-state index in [9.17, 15) is 0 Å². The van der Waals surface area contributed by atoms with Crippen LogP contribution in [0.3, 0.4) is 0 Å². The molecule has 1 rings (SSSR count). The van der Waals surface area contributed by atoms with Gasteiger partial charge in [-0.15, -0.1) is 0 Å². The van der Waals surface area contributed by atoms with Crippen molar-refractivity contribution in [2.45, 2.75) is 0 Å². The van der Waals surface area contributed by atoms with Crippen LogP contribution in [0.15, 0.2) is 9.47 Å². The lowest BCUT2D eigenvalue weighted by atomic mass is 10.3. The van der Waals surface area contributed by atoms with Gasteiger partial charge in [-0.3, -0.25) is 0 Å². The molecule has 100 valence electrons. The van der Waals surface area contributed by atoms with Crippen molar-refractivity contribution in [1.29, 1.82) is 0 Å². The Morgan fingerprint density at radius 1 is 1.00 bits per heavy atom. The topological polar surface area (TPSA) is 18.5 Å². The summed E-state index contributed by atoms with van der Waals surface area (Å²) in [6.45, 7) is 0.240. The number of hydrogen-bond acceptors (Lipinski definition) is 2. The van der Waals surface area contributed by atoms with Crippen LogP contribution in [0.4, 0.5) is 0 Å². The molecule has 0 fully saturated rings. The highest BCUT2D eigenvalue weighted by Gasteiger charge is 2.22. The number of ether oxygens (including phenoxy) is 2. The van der Waals surface area contributed by atoms with Crippen molar-refractivity contribution in [2.24, 2.45) is 0 Å². The zero-order valence-electron chi connectivity index (χ0n) is 8.87. The number of rotatable bonds is 4. The second kappa shape index (κ2) is 7.46. The van der Waals surface area contributed by atoms with Crippen molar-refractivity contribution in [2.75, 3.05) is 13.7 Å². The number of methoxy groups -OCH3 is 1. The summed E-state index contributed by atoms with van der Waals surface area (Å²) < 4.78 is 11.2. The molecule has 0 unspecified atom stereocenters. The van der Waals surface area contributed by atoms with Gasteiger partial charge in [0.2, 0.25) is 0 Å². The van der Waals surface area contributed by atoms with Crippen molar-refractivity contribution in [1.82, 2.24) is 0 Å². The van der Waals surface area contributed by atoms with Gasteiger partial charge >= 0.3 is 0 Å². The first-order valence-electron chi connectivity index (χ1n) is 4.44. The van der Waals surface area contributed by atoms with E-state index in [0.29, 0.717) is 0 Å². The Labute approximate surface area is 141 Å². The lowest BCUT2D eigenvalue weighted by molar-refractivity contribution is 0.361. The average molecular weight is 460 g/mol. The summed E-state index contributed by atoms with van der Waals surface area (Å²) in [4.78, 5) is 0. The maximum absolute atomic E-state index is 6.05. The molecule has 0 saturated carbocycles. The standard InChI is InChI=1S/C10H6Br2Cl4O2/c1-17-9-5(13)7(15)10(8(16)6(9)14)18-3-2-4(11)12/h2H,3H2,1H3. The normalized spacial score (nSPS) is 10.2. The van der Waals surface area contributed by atoms with Crippen molar-refractivity contribution in [3.05, 3.63) is 29.6 Å².